The largest absolute Gasteiger partial charge is 0.350 e. The average molecular weight is 558 g/mol. The van der Waals surface area contributed by atoms with Gasteiger partial charge in [0.15, 0.2) is 0 Å². The number of non-ortho nitro benzene ring substituents is 1. The lowest BCUT2D eigenvalue weighted by Gasteiger charge is -2.11. The van der Waals surface area contributed by atoms with Gasteiger partial charge in [-0.3, -0.25) is 19.7 Å². The average Bonchev–Trinajstić information content (AvgIpc) is 3.46. The van der Waals surface area contributed by atoms with Crippen molar-refractivity contribution in [3.05, 3.63) is 154 Å². The quantitative estimate of drug-likeness (QED) is 0.132. The van der Waals surface area contributed by atoms with Gasteiger partial charge in [-0.05, 0) is 42.3 Å². The summed E-state index contributed by atoms with van der Waals surface area (Å²) >= 11 is 0. The Morgan fingerprint density at radius 3 is 2.21 bits per heavy atom. The first-order valence-electron chi connectivity index (χ1n) is 13.3. The Balaban J connectivity index is 1.54. The number of carbonyl (C=O) groups excluding carboxylic acids is 2. The number of aromatic nitrogens is 2. The minimum atomic E-state index is -0.479. The Morgan fingerprint density at radius 1 is 0.857 bits per heavy atom. The van der Waals surface area contributed by atoms with Gasteiger partial charge in [0.05, 0.1) is 10.6 Å². The van der Waals surface area contributed by atoms with Crippen LogP contribution in [0.1, 0.15) is 21.5 Å². The summed E-state index contributed by atoms with van der Waals surface area (Å²) in [5.74, 6) is -0.930. The molecule has 4 aromatic carbocycles. The Bertz CT molecular complexity index is 1730. The Labute approximate surface area is 242 Å². The van der Waals surface area contributed by atoms with Crippen LogP contribution in [0.15, 0.2) is 127 Å². The molecule has 5 aromatic rings. The summed E-state index contributed by atoms with van der Waals surface area (Å²) in [5.41, 5.74) is 3.51. The zero-order chi connectivity index (χ0) is 29.3. The summed E-state index contributed by atoms with van der Waals surface area (Å²) in [4.78, 5) is 37.6. The van der Waals surface area contributed by atoms with Crippen molar-refractivity contribution in [3.63, 3.8) is 0 Å². The maximum atomic E-state index is 13.5. The molecular formula is C33H27N5O4. The molecule has 42 heavy (non-hydrogen) atoms. The number of rotatable bonds is 10. The first-order valence-corrected chi connectivity index (χ1v) is 13.3. The van der Waals surface area contributed by atoms with Crippen molar-refractivity contribution in [1.82, 2.24) is 20.4 Å². The monoisotopic (exact) mass is 557 g/mol. The van der Waals surface area contributed by atoms with Crippen LogP contribution in [0.2, 0.25) is 0 Å². The SMILES string of the molecule is O=C(NCCc1ccccc1)/C(=C/c1cn(-c2ccccc2)nc1-c1cccc([N+](=O)[O-])c1)NC(=O)c1ccccc1. The van der Waals surface area contributed by atoms with Crippen LogP contribution in [-0.4, -0.2) is 33.1 Å². The lowest BCUT2D eigenvalue weighted by atomic mass is 10.1. The molecule has 0 saturated carbocycles. The fourth-order valence-corrected chi connectivity index (χ4v) is 4.36. The number of hydrogen-bond acceptors (Lipinski definition) is 5. The number of carbonyl (C=O) groups is 2. The van der Waals surface area contributed by atoms with Crippen LogP contribution in [0.3, 0.4) is 0 Å². The van der Waals surface area contributed by atoms with Crippen molar-refractivity contribution in [2.75, 3.05) is 6.54 Å². The van der Waals surface area contributed by atoms with E-state index >= 15 is 0 Å². The molecule has 0 atom stereocenters. The number of nitrogens with zero attached hydrogens (tertiary/aromatic N) is 3. The second-order valence-electron chi connectivity index (χ2n) is 9.39. The van der Waals surface area contributed by atoms with E-state index in [1.165, 1.54) is 12.1 Å². The molecule has 1 aromatic heterocycles. The highest BCUT2D eigenvalue weighted by Crippen LogP contribution is 2.28. The fraction of sp³-hybridized carbons (Fsp3) is 0.0606. The predicted molar refractivity (Wildman–Crippen MR) is 161 cm³/mol. The van der Waals surface area contributed by atoms with Crippen LogP contribution in [0.5, 0.6) is 0 Å². The standard InChI is InChI=1S/C33H27N5O4/c39-32(25-13-6-2-7-14-25)35-30(33(40)34-20-19-24-11-4-1-5-12-24)22-27-23-37(28-16-8-3-9-17-28)36-31(27)26-15-10-18-29(21-26)38(41)42/h1-18,21-23H,19-20H2,(H,34,40)(H,35,39)/b30-22-. The van der Waals surface area contributed by atoms with Crippen molar-refractivity contribution in [2.24, 2.45) is 0 Å². The highest BCUT2D eigenvalue weighted by atomic mass is 16.6. The van der Waals surface area contributed by atoms with Crippen molar-refractivity contribution in [3.8, 4) is 16.9 Å². The third kappa shape index (κ3) is 6.83. The second kappa shape index (κ2) is 13.0. The van der Waals surface area contributed by atoms with Gasteiger partial charge in [0.25, 0.3) is 17.5 Å². The van der Waals surface area contributed by atoms with Crippen LogP contribution in [0, 0.1) is 10.1 Å². The molecule has 1 heterocycles. The molecule has 5 rings (SSSR count). The number of benzene rings is 4. The number of para-hydroxylation sites is 1. The van der Waals surface area contributed by atoms with Gasteiger partial charge in [-0.15, -0.1) is 0 Å². The lowest BCUT2D eigenvalue weighted by Crippen LogP contribution is -2.35. The molecule has 0 radical (unpaired) electrons. The number of hydrogen-bond donors (Lipinski definition) is 2. The number of nitro groups is 1. The van der Waals surface area contributed by atoms with Gasteiger partial charge in [-0.2, -0.15) is 5.10 Å². The Kier molecular flexibility index (Phi) is 8.59. The van der Waals surface area contributed by atoms with E-state index in [0.717, 1.165) is 11.3 Å². The molecule has 0 saturated heterocycles. The minimum Gasteiger partial charge on any atom is -0.350 e. The molecule has 9 heteroatoms. The van der Waals surface area contributed by atoms with E-state index in [4.69, 9.17) is 5.10 Å². The van der Waals surface area contributed by atoms with E-state index < -0.39 is 16.7 Å². The maximum absolute atomic E-state index is 13.5. The Morgan fingerprint density at radius 2 is 1.52 bits per heavy atom. The van der Waals surface area contributed by atoms with E-state index in [-0.39, 0.29) is 11.4 Å². The second-order valence-corrected chi connectivity index (χ2v) is 9.39. The third-order valence-corrected chi connectivity index (χ3v) is 6.46. The highest BCUT2D eigenvalue weighted by Gasteiger charge is 2.19. The maximum Gasteiger partial charge on any atom is 0.270 e. The van der Waals surface area contributed by atoms with Crippen molar-refractivity contribution in [2.45, 2.75) is 6.42 Å². The van der Waals surface area contributed by atoms with E-state index in [1.807, 2.05) is 60.7 Å². The third-order valence-electron chi connectivity index (χ3n) is 6.46. The topological polar surface area (TPSA) is 119 Å². The smallest absolute Gasteiger partial charge is 0.270 e. The van der Waals surface area contributed by atoms with Crippen LogP contribution in [0.4, 0.5) is 5.69 Å². The summed E-state index contributed by atoms with van der Waals surface area (Å²) < 4.78 is 1.63. The van der Waals surface area contributed by atoms with Crippen LogP contribution in [-0.2, 0) is 11.2 Å². The van der Waals surface area contributed by atoms with Crippen LogP contribution >= 0.6 is 0 Å². The molecule has 9 nitrogen and oxygen atoms in total. The molecule has 0 fully saturated rings. The normalized spacial score (nSPS) is 11.1. The summed E-state index contributed by atoms with van der Waals surface area (Å²) in [6.07, 6.45) is 3.87. The summed E-state index contributed by atoms with van der Waals surface area (Å²) in [5, 5.41) is 21.8. The number of nitro benzene ring substituents is 1. The molecule has 208 valence electrons. The molecule has 0 aliphatic rings. The zero-order valence-corrected chi connectivity index (χ0v) is 22.5. The van der Waals surface area contributed by atoms with E-state index in [1.54, 1.807) is 59.4 Å². The summed E-state index contributed by atoms with van der Waals surface area (Å²) in [7, 11) is 0. The fourth-order valence-electron chi connectivity index (χ4n) is 4.36. The number of nitrogens with one attached hydrogen (secondary N) is 2. The van der Waals surface area contributed by atoms with Crippen molar-refractivity contribution in [1.29, 1.82) is 0 Å². The van der Waals surface area contributed by atoms with Gasteiger partial charge >= 0.3 is 0 Å². The molecule has 2 N–H and O–H groups in total. The first-order chi connectivity index (χ1) is 20.5. The first kappa shape index (κ1) is 27.7. The van der Waals surface area contributed by atoms with Crippen LogP contribution in [0.25, 0.3) is 23.0 Å². The lowest BCUT2D eigenvalue weighted by molar-refractivity contribution is -0.384. The van der Waals surface area contributed by atoms with Gasteiger partial charge < -0.3 is 10.6 Å². The van der Waals surface area contributed by atoms with Gasteiger partial charge in [0.1, 0.15) is 11.4 Å². The Hall–Kier alpha value is -5.83. The molecule has 0 bridgehead atoms. The summed E-state index contributed by atoms with van der Waals surface area (Å²) in [6.45, 7) is 0.350. The zero-order valence-electron chi connectivity index (χ0n) is 22.5. The highest BCUT2D eigenvalue weighted by molar-refractivity contribution is 6.05. The summed E-state index contributed by atoms with van der Waals surface area (Å²) in [6, 6.07) is 33.8. The van der Waals surface area contributed by atoms with Gasteiger partial charge in [0, 0.05) is 41.6 Å². The van der Waals surface area contributed by atoms with E-state index in [2.05, 4.69) is 10.6 Å². The van der Waals surface area contributed by atoms with Crippen molar-refractivity contribution < 1.29 is 14.5 Å². The number of amides is 2. The molecule has 0 aliphatic carbocycles. The van der Waals surface area contributed by atoms with Gasteiger partial charge in [-0.1, -0.05) is 78.9 Å². The van der Waals surface area contributed by atoms with Gasteiger partial charge in [-0.25, -0.2) is 4.68 Å². The molecule has 0 aliphatic heterocycles. The van der Waals surface area contributed by atoms with Crippen LogP contribution < -0.4 is 10.6 Å². The van der Waals surface area contributed by atoms with Crippen molar-refractivity contribution >= 4 is 23.6 Å². The minimum absolute atomic E-state index is 0.0104. The van der Waals surface area contributed by atoms with Gasteiger partial charge in [0.2, 0.25) is 0 Å². The molecule has 0 spiro atoms. The van der Waals surface area contributed by atoms with E-state index in [0.29, 0.717) is 35.3 Å². The van der Waals surface area contributed by atoms with E-state index in [9.17, 15) is 19.7 Å². The molecule has 0 unspecified atom stereocenters. The predicted octanol–water partition coefficient (Wildman–Crippen LogP) is 5.58. The molecular weight excluding hydrogens is 530 g/mol. The molecule has 2 amide bonds.